The third kappa shape index (κ3) is 2.52. The van der Waals surface area contributed by atoms with Crippen LogP contribution in [0.1, 0.15) is 37.3 Å². The first-order chi connectivity index (χ1) is 9.08. The first-order valence-electron chi connectivity index (χ1n) is 7.14. The van der Waals surface area contributed by atoms with E-state index in [9.17, 15) is 4.79 Å². The summed E-state index contributed by atoms with van der Waals surface area (Å²) in [4.78, 5) is 12.4. The molecule has 102 valence electrons. The monoisotopic (exact) mass is 258 g/mol. The number of hydrogen-bond donors (Lipinski definition) is 2. The van der Waals surface area contributed by atoms with E-state index >= 15 is 0 Å². The molecule has 0 aromatic heterocycles. The van der Waals surface area contributed by atoms with Crippen LogP contribution in [0, 0.1) is 11.3 Å². The van der Waals surface area contributed by atoms with Crippen LogP contribution in [0.4, 0.5) is 0 Å². The van der Waals surface area contributed by atoms with Gasteiger partial charge in [0, 0.05) is 19.6 Å². The minimum absolute atomic E-state index is 0.0354. The van der Waals surface area contributed by atoms with Crippen molar-refractivity contribution in [2.75, 3.05) is 13.1 Å². The summed E-state index contributed by atoms with van der Waals surface area (Å²) in [5.41, 5.74) is 2.87. The standard InChI is InChI=1S/C16H22N2O/c1-16(2)7-12(16)9-18-15(19)14-10-17-8-11-5-3-4-6-13(11)14/h3-6,12,14,17H,7-10H2,1-2H3,(H,18,19). The smallest absolute Gasteiger partial charge is 0.228 e. The van der Waals surface area contributed by atoms with Crippen LogP contribution < -0.4 is 10.6 Å². The summed E-state index contributed by atoms with van der Waals surface area (Å²) in [6.07, 6.45) is 1.23. The molecule has 3 rings (SSSR count). The minimum atomic E-state index is -0.0354. The summed E-state index contributed by atoms with van der Waals surface area (Å²) in [5.74, 6) is 0.789. The maximum Gasteiger partial charge on any atom is 0.228 e. The van der Waals surface area contributed by atoms with Gasteiger partial charge < -0.3 is 10.6 Å². The van der Waals surface area contributed by atoms with E-state index in [0.717, 1.165) is 19.6 Å². The maximum absolute atomic E-state index is 12.4. The van der Waals surface area contributed by atoms with E-state index in [0.29, 0.717) is 11.3 Å². The molecular weight excluding hydrogens is 236 g/mol. The summed E-state index contributed by atoms with van der Waals surface area (Å²) in [7, 11) is 0. The van der Waals surface area contributed by atoms with E-state index in [1.807, 2.05) is 12.1 Å². The molecule has 1 saturated carbocycles. The van der Waals surface area contributed by atoms with E-state index in [1.165, 1.54) is 17.5 Å². The molecule has 1 aliphatic heterocycles. The van der Waals surface area contributed by atoms with E-state index in [2.05, 4.69) is 36.6 Å². The Bertz CT molecular complexity index is 495. The fourth-order valence-electron chi connectivity index (χ4n) is 3.00. The second-order valence-corrected chi connectivity index (χ2v) is 6.52. The maximum atomic E-state index is 12.4. The van der Waals surface area contributed by atoms with Gasteiger partial charge in [-0.2, -0.15) is 0 Å². The number of amides is 1. The van der Waals surface area contributed by atoms with Crippen molar-refractivity contribution >= 4 is 5.91 Å². The number of benzene rings is 1. The Labute approximate surface area is 114 Å². The van der Waals surface area contributed by atoms with Crippen LogP contribution >= 0.6 is 0 Å². The Morgan fingerprint density at radius 2 is 2.16 bits per heavy atom. The van der Waals surface area contributed by atoms with Gasteiger partial charge in [-0.05, 0) is 28.9 Å². The lowest BCUT2D eigenvalue weighted by Crippen LogP contribution is -2.39. The molecule has 2 N–H and O–H groups in total. The lowest BCUT2D eigenvalue weighted by atomic mass is 9.90. The molecular formula is C16H22N2O. The van der Waals surface area contributed by atoms with Crippen LogP contribution in [-0.2, 0) is 11.3 Å². The van der Waals surface area contributed by atoms with Crippen molar-refractivity contribution in [3.8, 4) is 0 Å². The Morgan fingerprint density at radius 1 is 1.42 bits per heavy atom. The van der Waals surface area contributed by atoms with Gasteiger partial charge in [0.05, 0.1) is 5.92 Å². The van der Waals surface area contributed by atoms with Crippen molar-refractivity contribution in [3.63, 3.8) is 0 Å². The van der Waals surface area contributed by atoms with Crippen molar-refractivity contribution < 1.29 is 4.79 Å². The molecule has 2 atom stereocenters. The summed E-state index contributed by atoms with van der Waals surface area (Å²) in [5, 5.41) is 6.46. The van der Waals surface area contributed by atoms with E-state index in [1.54, 1.807) is 0 Å². The molecule has 3 heteroatoms. The quantitative estimate of drug-likeness (QED) is 0.871. The SMILES string of the molecule is CC1(C)CC1CNC(=O)C1CNCc2ccccc21. The first kappa shape index (κ1) is 12.7. The van der Waals surface area contributed by atoms with Crippen molar-refractivity contribution in [2.45, 2.75) is 32.7 Å². The molecule has 1 fully saturated rings. The number of nitrogens with one attached hydrogen (secondary N) is 2. The molecule has 0 saturated heterocycles. The highest BCUT2D eigenvalue weighted by molar-refractivity contribution is 5.84. The Kier molecular flexibility index (Phi) is 3.09. The molecule has 1 heterocycles. The third-order valence-corrected chi connectivity index (χ3v) is 4.65. The number of rotatable bonds is 3. The second kappa shape index (κ2) is 4.64. The number of fused-ring (bicyclic) bond motifs is 1. The topological polar surface area (TPSA) is 41.1 Å². The molecule has 1 amide bonds. The minimum Gasteiger partial charge on any atom is -0.355 e. The predicted octanol–water partition coefficient (Wildman–Crippen LogP) is 2.04. The molecule has 2 aliphatic rings. The average molecular weight is 258 g/mol. The summed E-state index contributed by atoms with van der Waals surface area (Å²) in [6, 6.07) is 8.25. The zero-order valence-corrected chi connectivity index (χ0v) is 11.7. The average Bonchev–Trinajstić information content (AvgIpc) is 3.03. The van der Waals surface area contributed by atoms with E-state index in [4.69, 9.17) is 0 Å². The number of hydrogen-bond acceptors (Lipinski definition) is 2. The zero-order valence-electron chi connectivity index (χ0n) is 11.7. The predicted molar refractivity (Wildman–Crippen MR) is 75.8 cm³/mol. The summed E-state index contributed by atoms with van der Waals surface area (Å²) < 4.78 is 0. The van der Waals surface area contributed by atoms with Crippen LogP contribution in [-0.4, -0.2) is 19.0 Å². The van der Waals surface area contributed by atoms with Crippen molar-refractivity contribution in [2.24, 2.45) is 11.3 Å². The third-order valence-electron chi connectivity index (χ3n) is 4.65. The molecule has 1 aromatic rings. The van der Waals surface area contributed by atoms with Gasteiger partial charge in [-0.25, -0.2) is 0 Å². The lowest BCUT2D eigenvalue weighted by Gasteiger charge is -2.25. The number of carbonyl (C=O) groups excluding carboxylic acids is 1. The largest absolute Gasteiger partial charge is 0.355 e. The fraction of sp³-hybridized carbons (Fsp3) is 0.562. The highest BCUT2D eigenvalue weighted by Gasteiger charge is 2.45. The molecule has 1 aromatic carbocycles. The highest BCUT2D eigenvalue weighted by Crippen LogP contribution is 2.51. The van der Waals surface area contributed by atoms with Crippen LogP contribution in [0.3, 0.4) is 0 Å². The van der Waals surface area contributed by atoms with Crippen molar-refractivity contribution in [1.82, 2.24) is 10.6 Å². The van der Waals surface area contributed by atoms with Gasteiger partial charge in [0.25, 0.3) is 0 Å². The van der Waals surface area contributed by atoms with Crippen LogP contribution in [0.5, 0.6) is 0 Å². The van der Waals surface area contributed by atoms with Gasteiger partial charge in [0.15, 0.2) is 0 Å². The first-order valence-corrected chi connectivity index (χ1v) is 7.14. The lowest BCUT2D eigenvalue weighted by molar-refractivity contribution is -0.122. The van der Waals surface area contributed by atoms with Gasteiger partial charge in [0.1, 0.15) is 0 Å². The fourth-order valence-corrected chi connectivity index (χ4v) is 3.00. The molecule has 0 bridgehead atoms. The summed E-state index contributed by atoms with van der Waals surface area (Å²) >= 11 is 0. The molecule has 0 radical (unpaired) electrons. The van der Waals surface area contributed by atoms with Crippen molar-refractivity contribution in [1.29, 1.82) is 0 Å². The zero-order chi connectivity index (χ0) is 13.5. The van der Waals surface area contributed by atoms with Crippen molar-refractivity contribution in [3.05, 3.63) is 35.4 Å². The normalized spacial score (nSPS) is 27.5. The molecule has 19 heavy (non-hydrogen) atoms. The van der Waals surface area contributed by atoms with Gasteiger partial charge >= 0.3 is 0 Å². The van der Waals surface area contributed by atoms with Crippen LogP contribution in [0.2, 0.25) is 0 Å². The highest BCUT2D eigenvalue weighted by atomic mass is 16.1. The molecule has 3 nitrogen and oxygen atoms in total. The molecule has 1 aliphatic carbocycles. The second-order valence-electron chi connectivity index (χ2n) is 6.52. The van der Waals surface area contributed by atoms with Gasteiger partial charge in [0.2, 0.25) is 5.91 Å². The Morgan fingerprint density at radius 3 is 2.89 bits per heavy atom. The summed E-state index contributed by atoms with van der Waals surface area (Å²) in [6.45, 7) is 6.97. The Hall–Kier alpha value is -1.35. The van der Waals surface area contributed by atoms with Gasteiger partial charge in [-0.15, -0.1) is 0 Å². The van der Waals surface area contributed by atoms with Gasteiger partial charge in [-0.3, -0.25) is 4.79 Å². The van der Waals surface area contributed by atoms with E-state index < -0.39 is 0 Å². The Balaban J connectivity index is 1.65. The number of carbonyl (C=O) groups is 1. The van der Waals surface area contributed by atoms with E-state index in [-0.39, 0.29) is 11.8 Å². The van der Waals surface area contributed by atoms with Crippen LogP contribution in [0.15, 0.2) is 24.3 Å². The van der Waals surface area contributed by atoms with Gasteiger partial charge in [-0.1, -0.05) is 38.1 Å². The van der Waals surface area contributed by atoms with Crippen LogP contribution in [0.25, 0.3) is 0 Å². The molecule has 2 unspecified atom stereocenters. The molecule has 0 spiro atoms.